The van der Waals surface area contributed by atoms with E-state index < -0.39 is 0 Å². The lowest BCUT2D eigenvalue weighted by Crippen LogP contribution is -2.22. The van der Waals surface area contributed by atoms with Crippen LogP contribution in [-0.4, -0.2) is 17.3 Å². The molecule has 1 aliphatic carbocycles. The molecule has 2 unspecified atom stereocenters. The van der Waals surface area contributed by atoms with E-state index in [-0.39, 0.29) is 5.92 Å². The molecule has 3 heteroatoms. The number of hydrogen-bond acceptors (Lipinski definition) is 3. The van der Waals surface area contributed by atoms with Crippen molar-refractivity contribution in [3.05, 3.63) is 29.6 Å². The Kier molecular flexibility index (Phi) is 4.70. The molecule has 104 valence electrons. The Morgan fingerprint density at radius 1 is 1.53 bits per heavy atom. The third kappa shape index (κ3) is 3.41. The lowest BCUT2D eigenvalue weighted by atomic mass is 9.88. The van der Waals surface area contributed by atoms with Gasteiger partial charge in [-0.1, -0.05) is 19.9 Å². The van der Waals surface area contributed by atoms with Gasteiger partial charge in [-0.25, -0.2) is 0 Å². The van der Waals surface area contributed by atoms with Crippen molar-refractivity contribution >= 4 is 5.78 Å². The van der Waals surface area contributed by atoms with Gasteiger partial charge in [0.15, 0.2) is 0 Å². The molecule has 0 aliphatic heterocycles. The quantitative estimate of drug-likeness (QED) is 0.855. The van der Waals surface area contributed by atoms with E-state index in [9.17, 15) is 4.79 Å². The Bertz CT molecular complexity index is 442. The average Bonchev–Trinajstić information content (AvgIpc) is 2.81. The number of nitrogens with two attached hydrogens (primary N) is 1. The third-order valence-corrected chi connectivity index (χ3v) is 3.98. The van der Waals surface area contributed by atoms with Crippen molar-refractivity contribution in [2.24, 2.45) is 17.6 Å². The number of aryl methyl sites for hydroxylation is 1. The minimum atomic E-state index is 0.0115. The summed E-state index contributed by atoms with van der Waals surface area (Å²) in [6.07, 6.45) is 5.33. The molecule has 0 saturated carbocycles. The first-order valence-corrected chi connectivity index (χ1v) is 7.28. The highest BCUT2D eigenvalue weighted by molar-refractivity contribution is 5.86. The van der Waals surface area contributed by atoms with E-state index in [1.54, 1.807) is 6.20 Å². The highest BCUT2D eigenvalue weighted by Gasteiger charge is 2.30. The van der Waals surface area contributed by atoms with Gasteiger partial charge < -0.3 is 5.73 Å². The fourth-order valence-electron chi connectivity index (χ4n) is 3.08. The maximum atomic E-state index is 12.5. The van der Waals surface area contributed by atoms with E-state index in [4.69, 9.17) is 5.73 Å². The first-order chi connectivity index (χ1) is 9.11. The van der Waals surface area contributed by atoms with Crippen LogP contribution in [0.5, 0.6) is 0 Å². The summed E-state index contributed by atoms with van der Waals surface area (Å²) in [6, 6.07) is 4.04. The number of pyridine rings is 1. The van der Waals surface area contributed by atoms with Crippen LogP contribution in [0.4, 0.5) is 0 Å². The number of Topliss-reactive ketones (excluding diaryl/α,β-unsaturated/α-hetero) is 1. The zero-order valence-corrected chi connectivity index (χ0v) is 11.9. The molecule has 2 rings (SSSR count). The van der Waals surface area contributed by atoms with E-state index in [1.165, 1.54) is 5.56 Å². The Labute approximate surface area is 115 Å². The molecule has 0 fully saturated rings. The zero-order chi connectivity index (χ0) is 13.8. The molecule has 2 atom stereocenters. The first-order valence-electron chi connectivity index (χ1n) is 7.28. The summed E-state index contributed by atoms with van der Waals surface area (Å²) in [5.41, 5.74) is 8.05. The molecule has 19 heavy (non-hydrogen) atoms. The van der Waals surface area contributed by atoms with E-state index in [1.807, 2.05) is 6.07 Å². The summed E-state index contributed by atoms with van der Waals surface area (Å²) in [5.74, 6) is 1.25. The molecule has 0 spiro atoms. The molecule has 3 nitrogen and oxygen atoms in total. The minimum Gasteiger partial charge on any atom is -0.330 e. The monoisotopic (exact) mass is 260 g/mol. The zero-order valence-electron chi connectivity index (χ0n) is 11.9. The average molecular weight is 260 g/mol. The molecule has 1 heterocycles. The predicted molar refractivity (Wildman–Crippen MR) is 76.9 cm³/mol. The molecule has 0 bridgehead atoms. The minimum absolute atomic E-state index is 0.0115. The van der Waals surface area contributed by atoms with Crippen LogP contribution < -0.4 is 5.73 Å². The van der Waals surface area contributed by atoms with Crippen molar-refractivity contribution in [3.63, 3.8) is 0 Å². The summed E-state index contributed by atoms with van der Waals surface area (Å²) < 4.78 is 0. The largest absolute Gasteiger partial charge is 0.330 e. The Balaban J connectivity index is 2.01. The number of nitrogens with zero attached hydrogens (tertiary/aromatic N) is 1. The van der Waals surface area contributed by atoms with Gasteiger partial charge in [-0.15, -0.1) is 0 Å². The van der Waals surface area contributed by atoms with Gasteiger partial charge in [0.1, 0.15) is 5.78 Å². The maximum Gasteiger partial charge on any atom is 0.142 e. The SMILES string of the molecule is CC(C)CC(CN)CC(=O)C1CCc2cccnc21. The molecular formula is C16H24N2O. The highest BCUT2D eigenvalue weighted by Crippen LogP contribution is 2.33. The highest BCUT2D eigenvalue weighted by atomic mass is 16.1. The summed E-state index contributed by atoms with van der Waals surface area (Å²) in [7, 11) is 0. The van der Waals surface area contributed by atoms with Gasteiger partial charge in [-0.05, 0) is 49.3 Å². The van der Waals surface area contributed by atoms with Gasteiger partial charge in [0.25, 0.3) is 0 Å². The van der Waals surface area contributed by atoms with Crippen LogP contribution in [0.15, 0.2) is 18.3 Å². The van der Waals surface area contributed by atoms with Crippen LogP contribution in [0, 0.1) is 11.8 Å². The fraction of sp³-hybridized carbons (Fsp3) is 0.625. The second kappa shape index (κ2) is 6.29. The van der Waals surface area contributed by atoms with E-state index in [0.717, 1.165) is 25.0 Å². The van der Waals surface area contributed by atoms with Crippen molar-refractivity contribution in [3.8, 4) is 0 Å². The third-order valence-electron chi connectivity index (χ3n) is 3.98. The van der Waals surface area contributed by atoms with Crippen molar-refractivity contribution in [1.82, 2.24) is 4.98 Å². The Morgan fingerprint density at radius 2 is 2.32 bits per heavy atom. The van der Waals surface area contributed by atoms with Crippen molar-refractivity contribution in [2.75, 3.05) is 6.54 Å². The second-order valence-electron chi connectivity index (χ2n) is 6.04. The van der Waals surface area contributed by atoms with Crippen molar-refractivity contribution in [2.45, 2.75) is 45.4 Å². The lowest BCUT2D eigenvalue weighted by Gasteiger charge is -2.18. The van der Waals surface area contributed by atoms with E-state index in [0.29, 0.717) is 30.6 Å². The molecule has 2 N–H and O–H groups in total. The number of ketones is 1. The van der Waals surface area contributed by atoms with Crippen LogP contribution in [0.1, 0.15) is 50.3 Å². The van der Waals surface area contributed by atoms with Crippen LogP contribution in [0.2, 0.25) is 0 Å². The summed E-state index contributed by atoms with van der Waals surface area (Å²) in [6.45, 7) is 4.96. The Hall–Kier alpha value is -1.22. The molecule has 0 radical (unpaired) electrons. The van der Waals surface area contributed by atoms with Crippen LogP contribution >= 0.6 is 0 Å². The normalized spacial score (nSPS) is 19.5. The topological polar surface area (TPSA) is 56.0 Å². The standard InChI is InChI=1S/C16H24N2O/c1-11(2)8-12(10-17)9-15(19)14-6-5-13-4-3-7-18-16(13)14/h3-4,7,11-12,14H,5-6,8-10,17H2,1-2H3. The number of aromatic nitrogens is 1. The predicted octanol–water partition coefficient (Wildman–Crippen LogP) is 2.69. The van der Waals surface area contributed by atoms with Crippen LogP contribution in [-0.2, 0) is 11.2 Å². The van der Waals surface area contributed by atoms with E-state index >= 15 is 0 Å². The van der Waals surface area contributed by atoms with Crippen molar-refractivity contribution < 1.29 is 4.79 Å². The molecule has 0 amide bonds. The van der Waals surface area contributed by atoms with E-state index in [2.05, 4.69) is 24.9 Å². The number of carbonyl (C=O) groups excluding carboxylic acids is 1. The van der Waals surface area contributed by atoms with Gasteiger partial charge in [-0.2, -0.15) is 0 Å². The summed E-state index contributed by atoms with van der Waals surface area (Å²) in [5, 5.41) is 0. The summed E-state index contributed by atoms with van der Waals surface area (Å²) in [4.78, 5) is 16.9. The fourth-order valence-corrected chi connectivity index (χ4v) is 3.08. The lowest BCUT2D eigenvalue weighted by molar-refractivity contribution is -0.121. The smallest absolute Gasteiger partial charge is 0.142 e. The van der Waals surface area contributed by atoms with Gasteiger partial charge in [0, 0.05) is 12.6 Å². The molecular weight excluding hydrogens is 236 g/mol. The van der Waals surface area contributed by atoms with Gasteiger partial charge in [0.05, 0.1) is 11.6 Å². The van der Waals surface area contributed by atoms with Crippen LogP contribution in [0.25, 0.3) is 0 Å². The molecule has 0 saturated heterocycles. The van der Waals surface area contributed by atoms with Gasteiger partial charge in [0.2, 0.25) is 0 Å². The second-order valence-corrected chi connectivity index (χ2v) is 6.04. The molecule has 1 aromatic heterocycles. The number of hydrogen-bond donors (Lipinski definition) is 1. The van der Waals surface area contributed by atoms with Gasteiger partial charge >= 0.3 is 0 Å². The molecule has 1 aromatic rings. The van der Waals surface area contributed by atoms with Crippen LogP contribution in [0.3, 0.4) is 0 Å². The summed E-state index contributed by atoms with van der Waals surface area (Å²) >= 11 is 0. The molecule has 1 aliphatic rings. The Morgan fingerprint density at radius 3 is 3.00 bits per heavy atom. The van der Waals surface area contributed by atoms with Crippen molar-refractivity contribution in [1.29, 1.82) is 0 Å². The molecule has 0 aromatic carbocycles. The number of fused-ring (bicyclic) bond motifs is 1. The van der Waals surface area contributed by atoms with Gasteiger partial charge in [-0.3, -0.25) is 9.78 Å². The maximum absolute atomic E-state index is 12.5. The number of rotatable bonds is 6. The first kappa shape index (κ1) is 14.2. The number of carbonyl (C=O) groups is 1.